The summed E-state index contributed by atoms with van der Waals surface area (Å²) in [6.45, 7) is 1.85. The highest BCUT2D eigenvalue weighted by atomic mass is 16.5. The van der Waals surface area contributed by atoms with Crippen molar-refractivity contribution in [1.29, 1.82) is 0 Å². The lowest BCUT2D eigenvalue weighted by atomic mass is 10.2. The molecular weight excluding hydrogens is 368 g/mol. The topological polar surface area (TPSA) is 67.9 Å². The summed E-state index contributed by atoms with van der Waals surface area (Å²) in [4.78, 5) is 26.1. The monoisotopic (exact) mass is 388 g/mol. The van der Waals surface area contributed by atoms with Gasteiger partial charge in [-0.3, -0.25) is 14.5 Å². The number of amides is 2. The van der Waals surface area contributed by atoms with Crippen molar-refractivity contribution in [1.82, 2.24) is 0 Å². The summed E-state index contributed by atoms with van der Waals surface area (Å²) in [7, 11) is 0. The number of rotatable bonds is 5. The van der Waals surface area contributed by atoms with Crippen molar-refractivity contribution in [2.75, 3.05) is 23.4 Å². The largest absolute Gasteiger partial charge is 0.482 e. The number of nitrogens with one attached hydrogen (secondary N) is 1. The fourth-order valence-electron chi connectivity index (χ4n) is 3.09. The minimum Gasteiger partial charge on any atom is -0.482 e. The second-order valence-corrected chi connectivity index (χ2v) is 6.73. The lowest BCUT2D eigenvalue weighted by Gasteiger charge is -2.28. The van der Waals surface area contributed by atoms with Crippen LogP contribution in [0, 0.1) is 6.92 Å². The number of hydrogen-bond acceptors (Lipinski definition) is 4. The molecule has 0 spiro atoms. The smallest absolute Gasteiger partial charge is 0.265 e. The van der Waals surface area contributed by atoms with E-state index in [1.54, 1.807) is 42.5 Å². The number of anilines is 2. The normalized spacial score (nSPS) is 12.7. The summed E-state index contributed by atoms with van der Waals surface area (Å²) < 4.78 is 11.2. The number of hydrogen-bond donors (Lipinski definition) is 1. The van der Waals surface area contributed by atoms with Crippen LogP contribution in [0.2, 0.25) is 0 Å². The number of ether oxygens (including phenoxy) is 2. The van der Waals surface area contributed by atoms with Crippen molar-refractivity contribution < 1.29 is 19.1 Å². The number of carbonyl (C=O) groups excluding carboxylic acids is 2. The second-order valence-electron chi connectivity index (χ2n) is 6.73. The van der Waals surface area contributed by atoms with E-state index < -0.39 is 0 Å². The predicted octanol–water partition coefficient (Wildman–Crippen LogP) is 4.15. The van der Waals surface area contributed by atoms with E-state index >= 15 is 0 Å². The standard InChI is InChI=1S/C23H20N2O4/c1-16-5-4-6-19(13-16)29-18-11-9-17(10-12-18)24-22(26)14-25-20-7-2-3-8-21(20)28-15-23(25)27/h2-13H,14-15H2,1H3,(H,24,26). The third-order valence-corrected chi connectivity index (χ3v) is 4.47. The first-order valence-electron chi connectivity index (χ1n) is 9.25. The van der Waals surface area contributed by atoms with Gasteiger partial charge in [-0.25, -0.2) is 0 Å². The molecule has 0 saturated carbocycles. The van der Waals surface area contributed by atoms with Crippen molar-refractivity contribution in [2.24, 2.45) is 0 Å². The molecule has 1 heterocycles. The van der Waals surface area contributed by atoms with Gasteiger partial charge in [-0.15, -0.1) is 0 Å². The molecule has 0 unspecified atom stereocenters. The Hall–Kier alpha value is -3.80. The first kappa shape index (κ1) is 18.6. The molecule has 4 rings (SSSR count). The summed E-state index contributed by atoms with van der Waals surface area (Å²) in [6.07, 6.45) is 0. The van der Waals surface area contributed by atoms with Gasteiger partial charge >= 0.3 is 0 Å². The summed E-state index contributed by atoms with van der Waals surface area (Å²) in [5, 5.41) is 2.81. The summed E-state index contributed by atoms with van der Waals surface area (Å²) >= 11 is 0. The average Bonchev–Trinajstić information content (AvgIpc) is 2.72. The van der Waals surface area contributed by atoms with Gasteiger partial charge in [0.1, 0.15) is 23.8 Å². The van der Waals surface area contributed by atoms with Gasteiger partial charge in [0.05, 0.1) is 5.69 Å². The molecule has 3 aromatic rings. The first-order valence-corrected chi connectivity index (χ1v) is 9.25. The molecule has 0 aliphatic carbocycles. The van der Waals surface area contributed by atoms with Crippen LogP contribution in [0.15, 0.2) is 72.8 Å². The number of fused-ring (bicyclic) bond motifs is 1. The predicted molar refractivity (Wildman–Crippen MR) is 111 cm³/mol. The molecule has 1 aliphatic rings. The van der Waals surface area contributed by atoms with Gasteiger partial charge in [-0.05, 0) is 61.0 Å². The van der Waals surface area contributed by atoms with E-state index in [1.807, 2.05) is 37.3 Å². The van der Waals surface area contributed by atoms with Gasteiger partial charge in [-0.2, -0.15) is 0 Å². The molecule has 6 nitrogen and oxygen atoms in total. The third-order valence-electron chi connectivity index (χ3n) is 4.47. The maximum atomic E-state index is 12.5. The molecule has 0 radical (unpaired) electrons. The highest BCUT2D eigenvalue weighted by Gasteiger charge is 2.26. The lowest BCUT2D eigenvalue weighted by Crippen LogP contribution is -2.43. The summed E-state index contributed by atoms with van der Waals surface area (Å²) in [5.74, 6) is 1.48. The molecular formula is C23H20N2O4. The average molecular weight is 388 g/mol. The lowest BCUT2D eigenvalue weighted by molar-refractivity contribution is -0.123. The maximum absolute atomic E-state index is 12.5. The highest BCUT2D eigenvalue weighted by Crippen LogP contribution is 2.31. The van der Waals surface area contributed by atoms with Crippen LogP contribution in [0.1, 0.15) is 5.56 Å². The van der Waals surface area contributed by atoms with Gasteiger partial charge in [0.2, 0.25) is 5.91 Å². The molecule has 0 bridgehead atoms. The Morgan fingerprint density at radius 3 is 2.62 bits per heavy atom. The van der Waals surface area contributed by atoms with Crippen LogP contribution >= 0.6 is 0 Å². The number of nitrogens with zero attached hydrogens (tertiary/aromatic N) is 1. The Kier molecular flexibility index (Phi) is 5.16. The van der Waals surface area contributed by atoms with E-state index in [0.29, 0.717) is 22.9 Å². The molecule has 146 valence electrons. The zero-order valence-corrected chi connectivity index (χ0v) is 15.9. The zero-order chi connectivity index (χ0) is 20.2. The Morgan fingerprint density at radius 2 is 1.83 bits per heavy atom. The molecule has 0 atom stereocenters. The van der Waals surface area contributed by atoms with Crippen LogP contribution in [-0.2, 0) is 9.59 Å². The van der Waals surface area contributed by atoms with E-state index in [4.69, 9.17) is 9.47 Å². The SMILES string of the molecule is Cc1cccc(Oc2ccc(NC(=O)CN3C(=O)COc4ccccc43)cc2)c1. The van der Waals surface area contributed by atoms with Gasteiger partial charge in [0.25, 0.3) is 5.91 Å². The molecule has 0 aromatic heterocycles. The third kappa shape index (κ3) is 4.38. The van der Waals surface area contributed by atoms with Crippen molar-refractivity contribution in [2.45, 2.75) is 6.92 Å². The molecule has 0 saturated heterocycles. The van der Waals surface area contributed by atoms with E-state index in [-0.39, 0.29) is 25.0 Å². The maximum Gasteiger partial charge on any atom is 0.265 e. The number of carbonyl (C=O) groups is 2. The molecule has 1 aliphatic heterocycles. The molecule has 6 heteroatoms. The van der Waals surface area contributed by atoms with Crippen molar-refractivity contribution >= 4 is 23.2 Å². The molecule has 2 amide bonds. The second kappa shape index (κ2) is 8.06. The highest BCUT2D eigenvalue weighted by molar-refractivity contribution is 6.04. The van der Waals surface area contributed by atoms with E-state index in [9.17, 15) is 9.59 Å². The van der Waals surface area contributed by atoms with E-state index in [1.165, 1.54) is 4.90 Å². The van der Waals surface area contributed by atoms with Crippen molar-refractivity contribution in [3.05, 3.63) is 78.4 Å². The Morgan fingerprint density at radius 1 is 1.03 bits per heavy atom. The molecule has 29 heavy (non-hydrogen) atoms. The van der Waals surface area contributed by atoms with Crippen molar-refractivity contribution in [3.8, 4) is 17.2 Å². The minimum atomic E-state index is -0.289. The van der Waals surface area contributed by atoms with Gasteiger partial charge in [-0.1, -0.05) is 24.3 Å². The van der Waals surface area contributed by atoms with Crippen molar-refractivity contribution in [3.63, 3.8) is 0 Å². The Balaban J connectivity index is 1.39. The van der Waals surface area contributed by atoms with E-state index in [0.717, 1.165) is 11.3 Å². The number of para-hydroxylation sites is 2. The van der Waals surface area contributed by atoms with Crippen LogP contribution < -0.4 is 19.7 Å². The van der Waals surface area contributed by atoms with Gasteiger partial charge in [0, 0.05) is 5.69 Å². The number of aryl methyl sites for hydroxylation is 1. The zero-order valence-electron chi connectivity index (χ0n) is 15.9. The van der Waals surface area contributed by atoms with E-state index in [2.05, 4.69) is 5.32 Å². The van der Waals surface area contributed by atoms with Gasteiger partial charge < -0.3 is 14.8 Å². The molecule has 0 fully saturated rings. The Bertz CT molecular complexity index is 1050. The number of benzene rings is 3. The first-order chi connectivity index (χ1) is 14.1. The molecule has 1 N–H and O–H groups in total. The molecule has 3 aromatic carbocycles. The van der Waals surface area contributed by atoms with Crippen LogP contribution in [0.5, 0.6) is 17.2 Å². The Labute approximate surface area is 168 Å². The van der Waals surface area contributed by atoms with Gasteiger partial charge in [0.15, 0.2) is 6.61 Å². The van der Waals surface area contributed by atoms with Crippen LogP contribution in [0.25, 0.3) is 0 Å². The minimum absolute atomic E-state index is 0.0741. The van der Waals surface area contributed by atoms with Crippen LogP contribution in [0.3, 0.4) is 0 Å². The quantitative estimate of drug-likeness (QED) is 0.713. The van der Waals surface area contributed by atoms with Crippen LogP contribution in [-0.4, -0.2) is 25.0 Å². The summed E-state index contributed by atoms with van der Waals surface area (Å²) in [5.41, 5.74) is 2.34. The fourth-order valence-corrected chi connectivity index (χ4v) is 3.09. The van der Waals surface area contributed by atoms with Crippen LogP contribution in [0.4, 0.5) is 11.4 Å². The fraction of sp³-hybridized carbons (Fsp3) is 0.130. The summed E-state index contributed by atoms with van der Waals surface area (Å²) in [6, 6.07) is 22.0.